The van der Waals surface area contributed by atoms with E-state index >= 15 is 0 Å². The third kappa shape index (κ3) is 3.50. The lowest BCUT2D eigenvalue weighted by Gasteiger charge is -2.04. The molecular weight excluding hydrogens is 346 g/mol. The van der Waals surface area contributed by atoms with Gasteiger partial charge in [-0.15, -0.1) is 0 Å². The van der Waals surface area contributed by atoms with Gasteiger partial charge in [-0.2, -0.15) is 0 Å². The summed E-state index contributed by atoms with van der Waals surface area (Å²) < 4.78 is 16.2. The second kappa shape index (κ2) is 6.92. The van der Waals surface area contributed by atoms with E-state index < -0.39 is 5.97 Å². The van der Waals surface area contributed by atoms with Gasteiger partial charge in [0.1, 0.15) is 5.58 Å². The summed E-state index contributed by atoms with van der Waals surface area (Å²) in [6.45, 7) is 1.71. The number of esters is 1. The third-order valence-corrected chi connectivity index (χ3v) is 4.02. The minimum atomic E-state index is -0.756. The van der Waals surface area contributed by atoms with Crippen molar-refractivity contribution in [3.05, 3.63) is 88.2 Å². The first-order valence-corrected chi connectivity index (χ1v) is 8.32. The second-order valence-corrected chi connectivity index (χ2v) is 6.03. The summed E-state index contributed by atoms with van der Waals surface area (Å²) in [5.41, 5.74) is 1.85. The van der Waals surface area contributed by atoms with Crippen molar-refractivity contribution in [1.29, 1.82) is 0 Å². The zero-order chi connectivity index (χ0) is 18.8. The van der Waals surface area contributed by atoms with Gasteiger partial charge in [-0.05, 0) is 19.1 Å². The predicted octanol–water partition coefficient (Wildman–Crippen LogP) is 4.11. The molecule has 0 fully saturated rings. The Kier molecular flexibility index (Phi) is 4.30. The fourth-order valence-electron chi connectivity index (χ4n) is 2.68. The number of rotatable bonds is 4. The summed E-state index contributed by atoms with van der Waals surface area (Å²) in [6, 6.07) is 15.8. The standard InChI is InChI=1S/C21H15NO5/c1-13-7-8-17-15(9-13)16(23)10-18(26-17)21(24)25-12-20-22-11-19(27-20)14-5-3-2-4-6-14/h2-11H,12H2,1H3. The van der Waals surface area contributed by atoms with Crippen molar-refractivity contribution in [2.24, 2.45) is 0 Å². The number of nitrogens with zero attached hydrogens (tertiary/aromatic N) is 1. The largest absolute Gasteiger partial charge is 0.450 e. The number of carbonyl (C=O) groups is 1. The van der Waals surface area contributed by atoms with Gasteiger partial charge in [0.2, 0.25) is 11.7 Å². The van der Waals surface area contributed by atoms with Gasteiger partial charge >= 0.3 is 5.97 Å². The minimum Gasteiger partial charge on any atom is -0.450 e. The van der Waals surface area contributed by atoms with Gasteiger partial charge in [-0.25, -0.2) is 9.78 Å². The molecule has 0 spiro atoms. The number of hydrogen-bond acceptors (Lipinski definition) is 6. The third-order valence-electron chi connectivity index (χ3n) is 4.02. The normalized spacial score (nSPS) is 10.9. The molecule has 27 heavy (non-hydrogen) atoms. The molecule has 4 aromatic rings. The maximum absolute atomic E-state index is 12.2. The highest BCUT2D eigenvalue weighted by atomic mass is 16.6. The Balaban J connectivity index is 1.50. The maximum atomic E-state index is 12.2. The summed E-state index contributed by atoms with van der Waals surface area (Å²) in [5, 5.41) is 0.423. The topological polar surface area (TPSA) is 82.5 Å². The monoisotopic (exact) mass is 361 g/mol. The molecule has 0 saturated heterocycles. The van der Waals surface area contributed by atoms with Gasteiger partial charge in [0.15, 0.2) is 17.8 Å². The number of aryl methyl sites for hydroxylation is 1. The first-order chi connectivity index (χ1) is 13.1. The molecule has 134 valence electrons. The molecule has 0 N–H and O–H groups in total. The average molecular weight is 361 g/mol. The molecule has 0 saturated carbocycles. The Labute approximate surface area is 154 Å². The maximum Gasteiger partial charge on any atom is 0.374 e. The summed E-state index contributed by atoms with van der Waals surface area (Å²) in [7, 11) is 0. The fraction of sp³-hybridized carbons (Fsp3) is 0.0952. The molecule has 0 amide bonds. The summed E-state index contributed by atoms with van der Waals surface area (Å²) >= 11 is 0. The van der Waals surface area contributed by atoms with Crippen molar-refractivity contribution in [2.75, 3.05) is 0 Å². The van der Waals surface area contributed by atoms with Gasteiger partial charge in [0.25, 0.3) is 0 Å². The zero-order valence-corrected chi connectivity index (χ0v) is 14.5. The second-order valence-electron chi connectivity index (χ2n) is 6.03. The molecule has 0 aliphatic carbocycles. The van der Waals surface area contributed by atoms with Gasteiger partial charge in [0.05, 0.1) is 11.6 Å². The first-order valence-electron chi connectivity index (χ1n) is 8.32. The zero-order valence-electron chi connectivity index (χ0n) is 14.5. The van der Waals surface area contributed by atoms with Crippen LogP contribution in [0.2, 0.25) is 0 Å². The smallest absolute Gasteiger partial charge is 0.374 e. The number of hydrogen-bond donors (Lipinski definition) is 0. The summed E-state index contributed by atoms with van der Waals surface area (Å²) in [4.78, 5) is 28.5. The molecule has 0 unspecified atom stereocenters. The van der Waals surface area contributed by atoms with Crippen LogP contribution in [0.4, 0.5) is 0 Å². The van der Waals surface area contributed by atoms with E-state index in [4.69, 9.17) is 13.6 Å². The molecule has 0 aliphatic heterocycles. The van der Waals surface area contributed by atoms with Crippen LogP contribution in [0, 0.1) is 6.92 Å². The van der Waals surface area contributed by atoms with E-state index in [-0.39, 0.29) is 23.7 Å². The van der Waals surface area contributed by atoms with E-state index in [1.807, 2.05) is 37.3 Å². The van der Waals surface area contributed by atoms with Gasteiger partial charge in [0, 0.05) is 11.6 Å². The van der Waals surface area contributed by atoms with Crippen LogP contribution in [-0.2, 0) is 11.3 Å². The van der Waals surface area contributed by atoms with Crippen molar-refractivity contribution in [3.8, 4) is 11.3 Å². The highest BCUT2D eigenvalue weighted by Crippen LogP contribution is 2.20. The quantitative estimate of drug-likeness (QED) is 0.509. The number of benzene rings is 2. The fourth-order valence-corrected chi connectivity index (χ4v) is 2.68. The molecule has 6 nitrogen and oxygen atoms in total. The number of carbonyl (C=O) groups excluding carboxylic acids is 1. The predicted molar refractivity (Wildman–Crippen MR) is 98.3 cm³/mol. The van der Waals surface area contributed by atoms with Crippen LogP contribution in [0.25, 0.3) is 22.3 Å². The number of fused-ring (bicyclic) bond motifs is 1. The molecule has 4 rings (SSSR count). The Bertz CT molecular complexity index is 1170. The Hall–Kier alpha value is -3.67. The molecule has 0 atom stereocenters. The molecule has 0 aliphatic rings. The first kappa shape index (κ1) is 16.8. The molecule has 0 radical (unpaired) electrons. The van der Waals surface area contributed by atoms with Crippen LogP contribution in [0.3, 0.4) is 0 Å². The van der Waals surface area contributed by atoms with Crippen LogP contribution in [-0.4, -0.2) is 11.0 Å². The van der Waals surface area contributed by atoms with Crippen molar-refractivity contribution >= 4 is 16.9 Å². The highest BCUT2D eigenvalue weighted by molar-refractivity contribution is 5.89. The van der Waals surface area contributed by atoms with E-state index in [0.29, 0.717) is 16.7 Å². The number of aromatic nitrogens is 1. The van der Waals surface area contributed by atoms with Gasteiger partial charge < -0.3 is 13.6 Å². The molecule has 2 aromatic carbocycles. The van der Waals surface area contributed by atoms with Crippen LogP contribution >= 0.6 is 0 Å². The van der Waals surface area contributed by atoms with E-state index in [1.165, 1.54) is 0 Å². The average Bonchev–Trinajstić information content (AvgIpc) is 3.16. The highest BCUT2D eigenvalue weighted by Gasteiger charge is 2.16. The molecule has 0 bridgehead atoms. The van der Waals surface area contributed by atoms with Crippen molar-refractivity contribution < 1.29 is 18.4 Å². The van der Waals surface area contributed by atoms with Crippen molar-refractivity contribution in [1.82, 2.24) is 4.98 Å². The number of oxazole rings is 1. The lowest BCUT2D eigenvalue weighted by atomic mass is 10.1. The SMILES string of the molecule is Cc1ccc2oc(C(=O)OCc3ncc(-c4ccccc4)o3)cc(=O)c2c1. The van der Waals surface area contributed by atoms with E-state index in [2.05, 4.69) is 4.98 Å². The minimum absolute atomic E-state index is 0.161. The van der Waals surface area contributed by atoms with Crippen LogP contribution < -0.4 is 5.43 Å². The molecule has 2 aromatic heterocycles. The Morgan fingerprint density at radius 1 is 1.07 bits per heavy atom. The van der Waals surface area contributed by atoms with Crippen LogP contribution in [0.5, 0.6) is 0 Å². The van der Waals surface area contributed by atoms with Gasteiger partial charge in [-0.3, -0.25) is 4.79 Å². The molecule has 2 heterocycles. The van der Waals surface area contributed by atoms with Crippen LogP contribution in [0.15, 0.2) is 74.4 Å². The Morgan fingerprint density at radius 2 is 1.89 bits per heavy atom. The van der Waals surface area contributed by atoms with Crippen molar-refractivity contribution in [2.45, 2.75) is 13.5 Å². The van der Waals surface area contributed by atoms with E-state index in [1.54, 1.807) is 24.4 Å². The van der Waals surface area contributed by atoms with E-state index in [9.17, 15) is 9.59 Å². The van der Waals surface area contributed by atoms with Crippen molar-refractivity contribution in [3.63, 3.8) is 0 Å². The number of ether oxygens (including phenoxy) is 1. The van der Waals surface area contributed by atoms with Gasteiger partial charge in [-0.1, -0.05) is 42.0 Å². The Morgan fingerprint density at radius 3 is 2.70 bits per heavy atom. The molecule has 6 heteroatoms. The van der Waals surface area contributed by atoms with E-state index in [0.717, 1.165) is 17.2 Å². The lowest BCUT2D eigenvalue weighted by Crippen LogP contribution is -2.10. The lowest BCUT2D eigenvalue weighted by molar-refractivity contribution is 0.0403. The summed E-state index contributed by atoms with van der Waals surface area (Å²) in [5.74, 6) is -0.0875. The summed E-state index contributed by atoms with van der Waals surface area (Å²) in [6.07, 6.45) is 1.57. The molecular formula is C21H15NO5. The van der Waals surface area contributed by atoms with Crippen LogP contribution in [0.1, 0.15) is 22.0 Å².